The van der Waals surface area contributed by atoms with Crippen LogP contribution in [0.5, 0.6) is 0 Å². The molecule has 0 spiro atoms. The van der Waals surface area contributed by atoms with Crippen molar-refractivity contribution in [2.24, 2.45) is 5.73 Å². The summed E-state index contributed by atoms with van der Waals surface area (Å²) in [5.74, 6) is 0. The molecule has 2 nitrogen and oxygen atoms in total. The Kier molecular flexibility index (Phi) is 4.37. The van der Waals surface area contributed by atoms with Gasteiger partial charge < -0.3 is 10.3 Å². The molecule has 0 aliphatic heterocycles. The topological polar surface area (TPSA) is 30.9 Å². The van der Waals surface area contributed by atoms with Gasteiger partial charge >= 0.3 is 0 Å². The van der Waals surface area contributed by atoms with E-state index >= 15 is 0 Å². The third-order valence-electron chi connectivity index (χ3n) is 4.37. The standard InChI is InChI=1S/C19H21BrN2/c1-13-6-5-9-18-19(13)16(10-11-21)14(2)22(18)12-15-7-3-4-8-17(15)20/h3-9H,10-12,21H2,1-2H3. The number of hydrogen-bond donors (Lipinski definition) is 1. The zero-order valence-electron chi connectivity index (χ0n) is 13.1. The molecule has 0 aliphatic rings. The Hall–Kier alpha value is -1.58. The van der Waals surface area contributed by atoms with Crippen LogP contribution in [0.3, 0.4) is 0 Å². The third kappa shape index (κ3) is 2.59. The first-order valence-electron chi connectivity index (χ1n) is 7.64. The number of aryl methyl sites for hydroxylation is 1. The molecule has 1 heterocycles. The van der Waals surface area contributed by atoms with Gasteiger partial charge in [0.05, 0.1) is 0 Å². The number of rotatable bonds is 4. The van der Waals surface area contributed by atoms with Gasteiger partial charge in [0.25, 0.3) is 0 Å². The summed E-state index contributed by atoms with van der Waals surface area (Å²) in [4.78, 5) is 0. The number of fused-ring (bicyclic) bond motifs is 1. The fourth-order valence-electron chi connectivity index (χ4n) is 3.25. The van der Waals surface area contributed by atoms with Crippen molar-refractivity contribution in [2.45, 2.75) is 26.8 Å². The van der Waals surface area contributed by atoms with Gasteiger partial charge in [0.2, 0.25) is 0 Å². The quantitative estimate of drug-likeness (QED) is 0.729. The minimum absolute atomic E-state index is 0.684. The van der Waals surface area contributed by atoms with Gasteiger partial charge in [-0.25, -0.2) is 0 Å². The van der Waals surface area contributed by atoms with Crippen molar-refractivity contribution in [2.75, 3.05) is 6.54 Å². The molecule has 2 N–H and O–H groups in total. The molecule has 114 valence electrons. The molecule has 0 fully saturated rings. The molecule has 0 saturated heterocycles. The first-order chi connectivity index (χ1) is 10.6. The highest BCUT2D eigenvalue weighted by atomic mass is 79.9. The second-order valence-electron chi connectivity index (χ2n) is 5.75. The molecule has 22 heavy (non-hydrogen) atoms. The first-order valence-corrected chi connectivity index (χ1v) is 8.43. The average Bonchev–Trinajstić information content (AvgIpc) is 2.77. The van der Waals surface area contributed by atoms with Crippen LogP contribution in [-0.2, 0) is 13.0 Å². The van der Waals surface area contributed by atoms with Crippen molar-refractivity contribution in [1.82, 2.24) is 4.57 Å². The van der Waals surface area contributed by atoms with Gasteiger partial charge in [-0.1, -0.05) is 46.3 Å². The third-order valence-corrected chi connectivity index (χ3v) is 5.14. The van der Waals surface area contributed by atoms with Gasteiger partial charge in [0, 0.05) is 27.6 Å². The lowest BCUT2D eigenvalue weighted by Crippen LogP contribution is -2.06. The molecular weight excluding hydrogens is 336 g/mol. The maximum absolute atomic E-state index is 5.84. The van der Waals surface area contributed by atoms with Gasteiger partial charge in [-0.15, -0.1) is 0 Å². The molecule has 0 atom stereocenters. The number of benzene rings is 2. The molecule has 3 aromatic rings. The minimum Gasteiger partial charge on any atom is -0.340 e. The molecule has 0 unspecified atom stereocenters. The van der Waals surface area contributed by atoms with Crippen LogP contribution in [0.1, 0.15) is 22.4 Å². The highest BCUT2D eigenvalue weighted by Crippen LogP contribution is 2.30. The SMILES string of the molecule is Cc1cccc2c1c(CCN)c(C)n2Cc1ccccc1Br. The maximum Gasteiger partial charge on any atom is 0.0491 e. The summed E-state index contributed by atoms with van der Waals surface area (Å²) in [5.41, 5.74) is 12.5. The number of nitrogens with two attached hydrogens (primary N) is 1. The van der Waals surface area contributed by atoms with Crippen LogP contribution in [-0.4, -0.2) is 11.1 Å². The van der Waals surface area contributed by atoms with E-state index < -0.39 is 0 Å². The highest BCUT2D eigenvalue weighted by Gasteiger charge is 2.15. The highest BCUT2D eigenvalue weighted by molar-refractivity contribution is 9.10. The van der Waals surface area contributed by atoms with E-state index in [1.807, 2.05) is 0 Å². The molecular formula is C19H21BrN2. The Labute approximate surface area is 140 Å². The molecule has 0 bridgehead atoms. The van der Waals surface area contributed by atoms with E-state index in [4.69, 9.17) is 5.73 Å². The summed E-state index contributed by atoms with van der Waals surface area (Å²) < 4.78 is 3.57. The van der Waals surface area contributed by atoms with Gasteiger partial charge in [-0.2, -0.15) is 0 Å². The summed E-state index contributed by atoms with van der Waals surface area (Å²) in [6, 6.07) is 15.0. The summed E-state index contributed by atoms with van der Waals surface area (Å²) in [6.07, 6.45) is 0.927. The smallest absolute Gasteiger partial charge is 0.0491 e. The van der Waals surface area contributed by atoms with Gasteiger partial charge in [-0.05, 0) is 55.6 Å². The summed E-state index contributed by atoms with van der Waals surface area (Å²) in [6.45, 7) is 5.95. The van der Waals surface area contributed by atoms with Crippen molar-refractivity contribution in [3.8, 4) is 0 Å². The minimum atomic E-state index is 0.684. The Balaban J connectivity index is 2.19. The lowest BCUT2D eigenvalue weighted by molar-refractivity contribution is 0.789. The van der Waals surface area contributed by atoms with Crippen LogP contribution in [0.15, 0.2) is 46.9 Å². The second kappa shape index (κ2) is 6.27. The van der Waals surface area contributed by atoms with E-state index in [1.54, 1.807) is 0 Å². The first kappa shape index (κ1) is 15.3. The summed E-state index contributed by atoms with van der Waals surface area (Å²) in [5, 5.41) is 1.37. The molecule has 0 saturated carbocycles. The Morgan fingerprint density at radius 2 is 1.82 bits per heavy atom. The van der Waals surface area contributed by atoms with E-state index in [0.29, 0.717) is 6.54 Å². The van der Waals surface area contributed by atoms with Crippen LogP contribution < -0.4 is 5.73 Å². The van der Waals surface area contributed by atoms with Crippen LogP contribution in [0, 0.1) is 13.8 Å². The Bertz CT molecular complexity index is 818. The molecule has 3 heteroatoms. The van der Waals surface area contributed by atoms with E-state index in [-0.39, 0.29) is 0 Å². The van der Waals surface area contributed by atoms with Crippen molar-refractivity contribution in [3.63, 3.8) is 0 Å². The lowest BCUT2D eigenvalue weighted by Gasteiger charge is -2.10. The summed E-state index contributed by atoms with van der Waals surface area (Å²) >= 11 is 3.66. The fourth-order valence-corrected chi connectivity index (χ4v) is 3.66. The zero-order chi connectivity index (χ0) is 15.7. The molecule has 1 aromatic heterocycles. The van der Waals surface area contributed by atoms with E-state index in [0.717, 1.165) is 17.4 Å². The largest absolute Gasteiger partial charge is 0.340 e. The number of aromatic nitrogens is 1. The summed E-state index contributed by atoms with van der Waals surface area (Å²) in [7, 11) is 0. The van der Waals surface area contributed by atoms with E-state index in [9.17, 15) is 0 Å². The molecule has 0 radical (unpaired) electrons. The predicted molar refractivity (Wildman–Crippen MR) is 97.4 cm³/mol. The molecule has 0 amide bonds. The van der Waals surface area contributed by atoms with Gasteiger partial charge in [0.1, 0.15) is 0 Å². The number of halogens is 1. The fraction of sp³-hybridized carbons (Fsp3) is 0.263. The monoisotopic (exact) mass is 356 g/mol. The number of hydrogen-bond acceptors (Lipinski definition) is 1. The van der Waals surface area contributed by atoms with Crippen LogP contribution in [0.25, 0.3) is 10.9 Å². The Morgan fingerprint density at radius 1 is 1.05 bits per heavy atom. The molecule has 0 aliphatic carbocycles. The average molecular weight is 357 g/mol. The van der Waals surface area contributed by atoms with Crippen molar-refractivity contribution in [1.29, 1.82) is 0 Å². The van der Waals surface area contributed by atoms with Crippen LogP contribution >= 0.6 is 15.9 Å². The predicted octanol–water partition coefficient (Wildman–Crippen LogP) is 4.57. The van der Waals surface area contributed by atoms with E-state index in [2.05, 4.69) is 76.8 Å². The second-order valence-corrected chi connectivity index (χ2v) is 6.60. The van der Waals surface area contributed by atoms with Crippen molar-refractivity contribution < 1.29 is 0 Å². The van der Waals surface area contributed by atoms with Crippen LogP contribution in [0.4, 0.5) is 0 Å². The van der Waals surface area contributed by atoms with E-state index in [1.165, 1.54) is 33.3 Å². The normalized spacial score (nSPS) is 11.3. The van der Waals surface area contributed by atoms with Crippen molar-refractivity contribution >= 4 is 26.8 Å². The maximum atomic E-state index is 5.84. The zero-order valence-corrected chi connectivity index (χ0v) is 14.7. The van der Waals surface area contributed by atoms with Crippen LogP contribution in [0.2, 0.25) is 0 Å². The molecule has 2 aromatic carbocycles. The Morgan fingerprint density at radius 3 is 2.55 bits per heavy atom. The van der Waals surface area contributed by atoms with Gasteiger partial charge in [-0.3, -0.25) is 0 Å². The van der Waals surface area contributed by atoms with Gasteiger partial charge in [0.15, 0.2) is 0 Å². The molecule has 3 rings (SSSR count). The van der Waals surface area contributed by atoms with Crippen molar-refractivity contribution in [3.05, 3.63) is 69.3 Å². The lowest BCUT2D eigenvalue weighted by atomic mass is 10.0. The number of nitrogens with zero attached hydrogens (tertiary/aromatic N) is 1.